The number of carbonyl (C=O) groups excluding carboxylic acids is 1. The fourth-order valence-electron chi connectivity index (χ4n) is 2.86. The van der Waals surface area contributed by atoms with Crippen LogP contribution in [-0.2, 0) is 5.67 Å². The van der Waals surface area contributed by atoms with Crippen molar-refractivity contribution in [2.75, 3.05) is 18.4 Å². The molecule has 1 fully saturated rings. The summed E-state index contributed by atoms with van der Waals surface area (Å²) in [6.07, 6.45) is 1.91. The Morgan fingerprint density at radius 2 is 1.92 bits per heavy atom. The van der Waals surface area contributed by atoms with Gasteiger partial charge in [-0.1, -0.05) is 29.3 Å². The van der Waals surface area contributed by atoms with Crippen LogP contribution in [0.3, 0.4) is 0 Å². The minimum atomic E-state index is -1.58. The van der Waals surface area contributed by atoms with Crippen LogP contribution in [0.5, 0.6) is 0 Å². The largest absolute Gasteiger partial charge is 0.324 e. The molecule has 1 N–H and O–H groups in total. The average molecular weight is 348 g/mol. The first-order valence-electron chi connectivity index (χ1n) is 7.90. The molecule has 0 radical (unpaired) electrons. The number of hydrogen-bond acceptors (Lipinski definition) is 2. The zero-order chi connectivity index (χ0) is 17.2. The van der Waals surface area contributed by atoms with Crippen LogP contribution >= 0.6 is 11.6 Å². The van der Waals surface area contributed by atoms with E-state index in [4.69, 9.17) is 11.6 Å². The molecular formula is C18H19ClFN3O. The smallest absolute Gasteiger partial charge is 0.321 e. The molecule has 2 amide bonds. The summed E-state index contributed by atoms with van der Waals surface area (Å²) in [6.45, 7) is 2.63. The zero-order valence-corrected chi connectivity index (χ0v) is 14.2. The van der Waals surface area contributed by atoms with Gasteiger partial charge in [-0.05, 0) is 31.2 Å². The van der Waals surface area contributed by atoms with Crippen molar-refractivity contribution in [2.45, 2.75) is 25.4 Å². The molecule has 0 saturated carbocycles. The SMILES string of the molecule is Cc1ccc(NC(=O)N2CCC(F)(c3ncccc3Cl)CC2)cc1. The molecule has 2 heterocycles. The van der Waals surface area contributed by atoms with E-state index in [0.717, 1.165) is 11.3 Å². The normalized spacial score (nSPS) is 16.7. The third kappa shape index (κ3) is 3.51. The van der Waals surface area contributed by atoms with Crippen LogP contribution in [0.4, 0.5) is 14.9 Å². The van der Waals surface area contributed by atoms with Gasteiger partial charge >= 0.3 is 6.03 Å². The van der Waals surface area contributed by atoms with Gasteiger partial charge in [-0.2, -0.15) is 0 Å². The zero-order valence-electron chi connectivity index (χ0n) is 13.4. The summed E-state index contributed by atoms with van der Waals surface area (Å²) in [5.74, 6) is 0. The number of pyridine rings is 1. The number of nitrogens with zero attached hydrogens (tertiary/aromatic N) is 2. The van der Waals surface area contributed by atoms with Gasteiger partial charge in [0.15, 0.2) is 5.67 Å². The minimum Gasteiger partial charge on any atom is -0.324 e. The van der Waals surface area contributed by atoms with Crippen LogP contribution in [0, 0.1) is 6.92 Å². The van der Waals surface area contributed by atoms with Crippen LogP contribution in [0.2, 0.25) is 5.02 Å². The Balaban J connectivity index is 1.63. The topological polar surface area (TPSA) is 45.2 Å². The van der Waals surface area contributed by atoms with Crippen molar-refractivity contribution < 1.29 is 9.18 Å². The fraction of sp³-hybridized carbons (Fsp3) is 0.333. The number of anilines is 1. The molecule has 3 rings (SSSR count). The summed E-state index contributed by atoms with van der Waals surface area (Å²) in [4.78, 5) is 18.0. The molecule has 0 unspecified atom stereocenters. The van der Waals surface area contributed by atoms with Gasteiger partial charge in [-0.15, -0.1) is 0 Å². The number of urea groups is 1. The highest BCUT2D eigenvalue weighted by Crippen LogP contribution is 2.39. The Hall–Kier alpha value is -2.14. The number of aromatic nitrogens is 1. The number of carbonyl (C=O) groups is 1. The van der Waals surface area contributed by atoms with E-state index in [1.807, 2.05) is 31.2 Å². The predicted octanol–water partition coefficient (Wildman–Crippen LogP) is 4.54. The maximum absolute atomic E-state index is 15.2. The second-order valence-electron chi connectivity index (χ2n) is 6.08. The molecule has 0 spiro atoms. The molecule has 4 nitrogen and oxygen atoms in total. The van der Waals surface area contributed by atoms with Gasteiger partial charge in [0.05, 0.1) is 10.7 Å². The standard InChI is InChI=1S/C18H19ClFN3O/c1-13-4-6-14(7-5-13)22-17(24)23-11-8-18(20,9-12-23)16-15(19)3-2-10-21-16/h2-7,10H,8-9,11-12H2,1H3,(H,22,24). The number of nitrogens with one attached hydrogen (secondary N) is 1. The van der Waals surface area contributed by atoms with E-state index in [1.54, 1.807) is 23.2 Å². The molecular weight excluding hydrogens is 329 g/mol. The third-order valence-electron chi connectivity index (χ3n) is 4.33. The van der Waals surface area contributed by atoms with Crippen molar-refractivity contribution in [1.82, 2.24) is 9.88 Å². The second-order valence-corrected chi connectivity index (χ2v) is 6.49. The van der Waals surface area contributed by atoms with Crippen LogP contribution < -0.4 is 5.32 Å². The quantitative estimate of drug-likeness (QED) is 0.867. The van der Waals surface area contributed by atoms with Crippen LogP contribution in [0.15, 0.2) is 42.6 Å². The van der Waals surface area contributed by atoms with Gasteiger partial charge in [0.25, 0.3) is 0 Å². The van der Waals surface area contributed by atoms with E-state index in [1.165, 1.54) is 0 Å². The summed E-state index contributed by atoms with van der Waals surface area (Å²) in [5, 5.41) is 3.17. The van der Waals surface area contributed by atoms with E-state index in [9.17, 15) is 4.79 Å². The Morgan fingerprint density at radius 1 is 1.25 bits per heavy atom. The highest BCUT2D eigenvalue weighted by Gasteiger charge is 2.40. The third-order valence-corrected chi connectivity index (χ3v) is 4.63. The number of piperidine rings is 1. The number of hydrogen-bond donors (Lipinski definition) is 1. The first kappa shape index (κ1) is 16.7. The Kier molecular flexibility index (Phi) is 4.71. The van der Waals surface area contributed by atoms with E-state index in [2.05, 4.69) is 10.3 Å². The lowest BCUT2D eigenvalue weighted by atomic mass is 9.89. The van der Waals surface area contributed by atoms with Gasteiger partial charge in [0, 0.05) is 37.8 Å². The summed E-state index contributed by atoms with van der Waals surface area (Å²) >= 11 is 6.07. The maximum Gasteiger partial charge on any atom is 0.321 e. The van der Waals surface area contributed by atoms with Gasteiger partial charge < -0.3 is 10.2 Å². The fourth-order valence-corrected chi connectivity index (χ4v) is 3.15. The summed E-state index contributed by atoms with van der Waals surface area (Å²) in [7, 11) is 0. The molecule has 0 atom stereocenters. The number of aryl methyl sites for hydroxylation is 1. The number of halogens is 2. The molecule has 1 aliphatic rings. The van der Waals surface area contributed by atoms with Gasteiger partial charge in [0.2, 0.25) is 0 Å². The second kappa shape index (κ2) is 6.77. The van der Waals surface area contributed by atoms with E-state index in [0.29, 0.717) is 18.1 Å². The van der Waals surface area contributed by atoms with Crippen molar-refractivity contribution in [1.29, 1.82) is 0 Å². The van der Waals surface area contributed by atoms with E-state index >= 15 is 4.39 Å². The average Bonchev–Trinajstić information content (AvgIpc) is 2.58. The molecule has 1 aliphatic heterocycles. The molecule has 24 heavy (non-hydrogen) atoms. The van der Waals surface area contributed by atoms with Crippen molar-refractivity contribution in [3.8, 4) is 0 Å². The van der Waals surface area contributed by atoms with Gasteiger partial charge in [0.1, 0.15) is 0 Å². The molecule has 126 valence electrons. The van der Waals surface area contributed by atoms with Gasteiger partial charge in [-0.3, -0.25) is 4.98 Å². The van der Waals surface area contributed by atoms with Crippen molar-refractivity contribution in [2.24, 2.45) is 0 Å². The molecule has 0 bridgehead atoms. The van der Waals surface area contributed by atoms with E-state index < -0.39 is 5.67 Å². The van der Waals surface area contributed by atoms with Crippen LogP contribution in [0.1, 0.15) is 24.1 Å². The lowest BCUT2D eigenvalue weighted by Crippen LogP contribution is -2.45. The van der Waals surface area contributed by atoms with Crippen molar-refractivity contribution >= 4 is 23.3 Å². The molecule has 6 heteroatoms. The first-order chi connectivity index (χ1) is 11.5. The Labute approximate surface area is 145 Å². The van der Waals surface area contributed by atoms with Gasteiger partial charge in [-0.25, -0.2) is 9.18 Å². The Morgan fingerprint density at radius 3 is 2.54 bits per heavy atom. The summed E-state index contributed by atoms with van der Waals surface area (Å²) in [5.41, 5.74) is 0.542. The molecule has 0 aliphatic carbocycles. The number of benzene rings is 1. The maximum atomic E-state index is 15.2. The number of amides is 2. The number of alkyl halides is 1. The number of likely N-dealkylation sites (tertiary alicyclic amines) is 1. The molecule has 1 saturated heterocycles. The predicted molar refractivity (Wildman–Crippen MR) is 93.0 cm³/mol. The molecule has 2 aromatic rings. The summed E-state index contributed by atoms with van der Waals surface area (Å²) < 4.78 is 15.2. The lowest BCUT2D eigenvalue weighted by molar-refractivity contribution is 0.0684. The van der Waals surface area contributed by atoms with Crippen molar-refractivity contribution in [3.63, 3.8) is 0 Å². The van der Waals surface area contributed by atoms with Crippen LogP contribution in [-0.4, -0.2) is 29.0 Å². The van der Waals surface area contributed by atoms with E-state index in [-0.39, 0.29) is 24.6 Å². The summed E-state index contributed by atoms with van der Waals surface area (Å²) in [6, 6.07) is 10.7. The first-order valence-corrected chi connectivity index (χ1v) is 8.28. The van der Waals surface area contributed by atoms with Crippen molar-refractivity contribution in [3.05, 3.63) is 58.9 Å². The minimum absolute atomic E-state index is 0.186. The highest BCUT2D eigenvalue weighted by atomic mass is 35.5. The van der Waals surface area contributed by atoms with Crippen LogP contribution in [0.25, 0.3) is 0 Å². The number of rotatable bonds is 2. The Bertz CT molecular complexity index is 727. The lowest BCUT2D eigenvalue weighted by Gasteiger charge is -2.36. The monoisotopic (exact) mass is 347 g/mol. The highest BCUT2D eigenvalue weighted by molar-refractivity contribution is 6.31. The molecule has 1 aromatic heterocycles. The molecule has 1 aromatic carbocycles.